The Morgan fingerprint density at radius 1 is 1.44 bits per heavy atom. The summed E-state index contributed by atoms with van der Waals surface area (Å²) >= 11 is 9.56. The topological polar surface area (TPSA) is 124 Å². The summed E-state index contributed by atoms with van der Waals surface area (Å²) in [5, 5.41) is 14.9. The van der Waals surface area contributed by atoms with Gasteiger partial charge in [-0.05, 0) is 34.5 Å². The molecule has 0 saturated carbocycles. The quantitative estimate of drug-likeness (QED) is 0.611. The van der Waals surface area contributed by atoms with Crippen LogP contribution in [0.5, 0.6) is 5.88 Å². The maximum atomic E-state index is 12.0. The van der Waals surface area contributed by atoms with Gasteiger partial charge in [0.2, 0.25) is 21.9 Å². The van der Waals surface area contributed by atoms with Gasteiger partial charge in [0.15, 0.2) is 0 Å². The van der Waals surface area contributed by atoms with Crippen molar-refractivity contribution in [3.63, 3.8) is 0 Å². The maximum Gasteiger partial charge on any atom is 0.240 e. The Kier molecular flexibility index (Phi) is 5.39. The van der Waals surface area contributed by atoms with E-state index in [0.717, 1.165) is 0 Å². The highest BCUT2D eigenvalue weighted by molar-refractivity contribution is 9.10. The lowest BCUT2D eigenvalue weighted by atomic mass is 10.2. The lowest BCUT2D eigenvalue weighted by molar-refractivity contribution is 0.390. The van der Waals surface area contributed by atoms with Crippen LogP contribution in [0, 0.1) is 11.3 Å². The summed E-state index contributed by atoms with van der Waals surface area (Å²) in [6, 6.07) is 5.19. The number of nitriles is 1. The fourth-order valence-corrected chi connectivity index (χ4v) is 4.06. The summed E-state index contributed by atoms with van der Waals surface area (Å²) in [5.74, 6) is 0.475. The third-order valence-corrected chi connectivity index (χ3v) is 6.14. The summed E-state index contributed by atoms with van der Waals surface area (Å²) in [6.07, 6.45) is 3.61. The van der Waals surface area contributed by atoms with Gasteiger partial charge in [0.05, 0.1) is 28.2 Å². The molecule has 2 aromatic heterocycles. The van der Waals surface area contributed by atoms with Crippen LogP contribution in [0.25, 0.3) is 16.9 Å². The largest absolute Gasteiger partial charge is 0.481 e. The van der Waals surface area contributed by atoms with Gasteiger partial charge in [-0.15, -0.1) is 0 Å². The van der Waals surface area contributed by atoms with Crippen molar-refractivity contribution in [2.45, 2.75) is 17.7 Å². The van der Waals surface area contributed by atoms with Gasteiger partial charge >= 0.3 is 0 Å². The molecule has 0 atom stereocenters. The number of primary sulfonamides is 1. The molecule has 27 heavy (non-hydrogen) atoms. The van der Waals surface area contributed by atoms with Crippen molar-refractivity contribution >= 4 is 48.5 Å². The zero-order valence-electron chi connectivity index (χ0n) is 14.0. The lowest BCUT2D eigenvalue weighted by Crippen LogP contribution is -2.11. The molecule has 0 unspecified atom stereocenters. The van der Waals surface area contributed by atoms with Crippen LogP contribution >= 0.6 is 27.5 Å². The van der Waals surface area contributed by atoms with E-state index in [9.17, 15) is 8.42 Å². The molecule has 3 aromatic rings. The van der Waals surface area contributed by atoms with Crippen molar-refractivity contribution < 1.29 is 13.2 Å². The Bertz CT molecular complexity index is 1190. The molecular formula is C16H13BrClN5O3S. The first-order chi connectivity index (χ1) is 12.8. The summed E-state index contributed by atoms with van der Waals surface area (Å²) in [4.78, 5) is 8.56. The zero-order chi connectivity index (χ0) is 19.8. The number of nitrogens with zero attached hydrogens (tertiary/aromatic N) is 4. The molecule has 1 aromatic carbocycles. The van der Waals surface area contributed by atoms with Gasteiger partial charge < -0.3 is 4.74 Å². The Morgan fingerprint density at radius 2 is 2.19 bits per heavy atom. The number of rotatable bonds is 5. The second-order valence-electron chi connectivity index (χ2n) is 5.53. The van der Waals surface area contributed by atoms with Gasteiger partial charge in [0, 0.05) is 29.8 Å². The van der Waals surface area contributed by atoms with Crippen LogP contribution in [-0.4, -0.2) is 30.1 Å². The highest BCUT2D eigenvalue weighted by Gasteiger charge is 2.22. The number of benzene rings is 1. The molecule has 0 aliphatic carbocycles. The second kappa shape index (κ2) is 7.44. The molecule has 0 radical (unpaired) electrons. The van der Waals surface area contributed by atoms with Crippen LogP contribution in [0.4, 0.5) is 0 Å². The van der Waals surface area contributed by atoms with Crippen LogP contribution in [0.2, 0.25) is 5.02 Å². The molecule has 0 bridgehead atoms. The molecule has 3 rings (SSSR count). The first-order valence-electron chi connectivity index (χ1n) is 7.57. The molecular weight excluding hydrogens is 458 g/mol. The van der Waals surface area contributed by atoms with E-state index in [1.54, 1.807) is 18.3 Å². The molecule has 2 heterocycles. The van der Waals surface area contributed by atoms with Crippen molar-refractivity contribution in [1.82, 2.24) is 14.5 Å². The Morgan fingerprint density at radius 3 is 2.81 bits per heavy atom. The van der Waals surface area contributed by atoms with Crippen molar-refractivity contribution in [3.8, 4) is 17.9 Å². The van der Waals surface area contributed by atoms with Gasteiger partial charge in [0.1, 0.15) is 4.90 Å². The molecule has 8 nitrogen and oxygen atoms in total. The van der Waals surface area contributed by atoms with E-state index < -0.39 is 10.0 Å². The molecule has 0 fully saturated rings. The normalized spacial score (nSPS) is 11.5. The Hall–Kier alpha value is -2.19. The van der Waals surface area contributed by atoms with E-state index in [-0.39, 0.29) is 10.8 Å². The predicted molar refractivity (Wildman–Crippen MR) is 103 cm³/mol. The van der Waals surface area contributed by atoms with Gasteiger partial charge in [-0.2, -0.15) is 10.2 Å². The fraction of sp³-hybridized carbons (Fsp3) is 0.188. The lowest BCUT2D eigenvalue weighted by Gasteiger charge is -2.10. The van der Waals surface area contributed by atoms with E-state index >= 15 is 0 Å². The minimum Gasteiger partial charge on any atom is -0.481 e. The fourth-order valence-electron chi connectivity index (χ4n) is 2.65. The number of aromatic nitrogens is 3. The van der Waals surface area contributed by atoms with Crippen LogP contribution in [0.15, 0.2) is 33.9 Å². The first kappa shape index (κ1) is 19.6. The zero-order valence-corrected chi connectivity index (χ0v) is 17.1. The highest BCUT2D eigenvalue weighted by Crippen LogP contribution is 2.36. The number of fused-ring (bicyclic) bond motifs is 1. The van der Waals surface area contributed by atoms with Crippen molar-refractivity contribution in [2.75, 3.05) is 7.11 Å². The Labute approximate surface area is 168 Å². The van der Waals surface area contributed by atoms with E-state index in [1.807, 2.05) is 0 Å². The Balaban J connectivity index is 2.29. The highest BCUT2D eigenvalue weighted by atomic mass is 79.9. The third kappa shape index (κ3) is 3.64. The van der Waals surface area contributed by atoms with Gasteiger partial charge in [0.25, 0.3) is 0 Å². The molecule has 0 spiro atoms. The molecule has 140 valence electrons. The first-order valence-corrected chi connectivity index (χ1v) is 10.3. The van der Waals surface area contributed by atoms with Crippen molar-refractivity contribution in [3.05, 3.63) is 39.6 Å². The molecule has 11 heteroatoms. The van der Waals surface area contributed by atoms with Crippen LogP contribution in [-0.2, 0) is 16.4 Å². The number of hydrogen-bond acceptors (Lipinski definition) is 6. The molecule has 0 aliphatic heterocycles. The van der Waals surface area contributed by atoms with Crippen LogP contribution in [0.3, 0.4) is 0 Å². The number of methoxy groups -OCH3 is 1. The number of hydrogen-bond donors (Lipinski definition) is 1. The minimum atomic E-state index is -3.99. The molecule has 0 saturated heterocycles. The van der Waals surface area contributed by atoms with Crippen molar-refractivity contribution in [2.24, 2.45) is 5.14 Å². The van der Waals surface area contributed by atoms with Crippen LogP contribution < -0.4 is 9.88 Å². The average molecular weight is 471 g/mol. The van der Waals surface area contributed by atoms with E-state index in [1.165, 1.54) is 17.9 Å². The standard InChI is InChI=1S/C16H13BrClN5O3S/c1-26-15-9(3-2-6-19)7-21-16(22-15)23-8-12(27(20,24)25)10-4-5-11(18)13(17)14(10)23/h4-5,7-8H,2-3H2,1H3,(H2,20,24,25). The summed E-state index contributed by atoms with van der Waals surface area (Å²) in [7, 11) is -2.53. The molecule has 2 N–H and O–H groups in total. The van der Waals surface area contributed by atoms with Gasteiger partial charge in [-0.1, -0.05) is 11.6 Å². The summed E-state index contributed by atoms with van der Waals surface area (Å²) in [6.45, 7) is 0. The number of sulfonamides is 1. The monoisotopic (exact) mass is 469 g/mol. The number of nitrogens with two attached hydrogens (primary N) is 1. The summed E-state index contributed by atoms with van der Waals surface area (Å²) < 4.78 is 31.2. The smallest absolute Gasteiger partial charge is 0.240 e. The number of halogens is 2. The molecule has 0 amide bonds. The van der Waals surface area contributed by atoms with E-state index in [0.29, 0.717) is 44.7 Å². The van der Waals surface area contributed by atoms with Crippen LogP contribution in [0.1, 0.15) is 12.0 Å². The van der Waals surface area contributed by atoms with Crippen molar-refractivity contribution in [1.29, 1.82) is 5.26 Å². The average Bonchev–Trinajstić information content (AvgIpc) is 3.03. The van der Waals surface area contributed by atoms with E-state index in [4.69, 9.17) is 26.7 Å². The third-order valence-electron chi connectivity index (χ3n) is 3.86. The minimum absolute atomic E-state index is 0.0778. The molecule has 0 aliphatic rings. The van der Waals surface area contributed by atoms with Gasteiger partial charge in [-0.25, -0.2) is 18.5 Å². The number of ether oxygens (including phenoxy) is 1. The SMILES string of the molecule is COc1nc(-n2cc(S(N)(=O)=O)c3ccc(Cl)c(Br)c32)ncc1CCC#N. The predicted octanol–water partition coefficient (Wildman–Crippen LogP) is 2.95. The summed E-state index contributed by atoms with van der Waals surface area (Å²) in [5.41, 5.74) is 1.13. The van der Waals surface area contributed by atoms with E-state index in [2.05, 4.69) is 32.0 Å². The second-order valence-corrected chi connectivity index (χ2v) is 8.26. The maximum absolute atomic E-state index is 12.0. The van der Waals surface area contributed by atoms with Gasteiger partial charge in [-0.3, -0.25) is 4.57 Å². The number of aryl methyl sites for hydroxylation is 1.